The maximum Gasteiger partial charge on any atom is 1.00 e. The van der Waals surface area contributed by atoms with Gasteiger partial charge in [-0.3, -0.25) is 0 Å². The molecule has 276 valence electrons. The first-order valence-electron chi connectivity index (χ1n) is 21.6. The molecule has 0 aliphatic rings. The van der Waals surface area contributed by atoms with Crippen molar-refractivity contribution in [1.82, 2.24) is 4.90 Å². The zero-order valence-corrected chi connectivity index (χ0v) is 33.0. The molecule has 0 heterocycles. The Bertz CT molecular complexity index is 534. The van der Waals surface area contributed by atoms with Crippen molar-refractivity contribution in [2.75, 3.05) is 19.6 Å². The fourth-order valence-corrected chi connectivity index (χ4v) is 7.06. The normalized spacial score (nSPS) is 11.4. The number of aliphatic carboxylic acids is 1. The molecule has 0 saturated heterocycles. The fraction of sp³-hybridized carbons (Fsp3) is 0.977. The summed E-state index contributed by atoms with van der Waals surface area (Å²) >= 11 is 0. The number of unbranched alkanes of at least 4 members (excludes halogenated alkanes) is 33. The van der Waals surface area contributed by atoms with Gasteiger partial charge in [0, 0.05) is 5.97 Å². The average molecular weight is 656 g/mol. The molecule has 0 spiro atoms. The van der Waals surface area contributed by atoms with E-state index in [1.165, 1.54) is 231 Å². The summed E-state index contributed by atoms with van der Waals surface area (Å²) in [5.74, 6) is -0.895. The summed E-state index contributed by atoms with van der Waals surface area (Å²) in [4.78, 5) is 13.4. The maximum absolute atomic E-state index is 10.8. The molecule has 0 atom stereocenters. The van der Waals surface area contributed by atoms with E-state index in [1.54, 1.807) is 0 Å². The van der Waals surface area contributed by atoms with Gasteiger partial charge in [-0.1, -0.05) is 219 Å². The number of carbonyl (C=O) groups excluding carboxylic acids is 1. The van der Waals surface area contributed by atoms with Gasteiger partial charge in [-0.2, -0.15) is 0 Å². The van der Waals surface area contributed by atoms with Gasteiger partial charge < -0.3 is 14.8 Å². The van der Waals surface area contributed by atoms with Gasteiger partial charge in [-0.15, -0.1) is 0 Å². The quantitative estimate of drug-likeness (QED) is 0.0486. The molecule has 0 aromatic rings. The van der Waals surface area contributed by atoms with Crippen LogP contribution in [0.4, 0.5) is 0 Å². The van der Waals surface area contributed by atoms with Crippen LogP contribution in [0.15, 0.2) is 0 Å². The van der Waals surface area contributed by atoms with Crippen molar-refractivity contribution in [2.45, 2.75) is 251 Å². The summed E-state index contributed by atoms with van der Waals surface area (Å²) in [5, 5.41) is 10.8. The van der Waals surface area contributed by atoms with Crippen LogP contribution in [0.5, 0.6) is 0 Å². The SMILES string of the molecule is CCCCCCCCCCCCCCCCCCCN(CCCCCCCCCCCCCCCCCCC)CCCCC(=O)[O-].[Li+]. The standard InChI is InChI=1S/C43H87NO2.Li/c1-3-5-7-9-11-13-15-17-19-21-23-25-27-29-31-33-36-40-44(42-38-35-39-43(45)46)41-37-34-32-30-28-26-24-22-20-18-16-14-12-10-8-6-4-2;/h3-42H2,1-2H3,(H,45,46);/q;+1/p-1. The van der Waals surface area contributed by atoms with Crippen molar-refractivity contribution in [3.05, 3.63) is 0 Å². The Kier molecular flexibility index (Phi) is 46.1. The number of hydrogen-bond donors (Lipinski definition) is 0. The van der Waals surface area contributed by atoms with Crippen molar-refractivity contribution in [1.29, 1.82) is 0 Å². The predicted molar refractivity (Wildman–Crippen MR) is 204 cm³/mol. The van der Waals surface area contributed by atoms with E-state index >= 15 is 0 Å². The Morgan fingerprint density at radius 1 is 0.340 bits per heavy atom. The number of hydrogen-bond acceptors (Lipinski definition) is 3. The van der Waals surface area contributed by atoms with Crippen LogP contribution in [0.25, 0.3) is 0 Å². The van der Waals surface area contributed by atoms with E-state index in [2.05, 4.69) is 18.7 Å². The topological polar surface area (TPSA) is 43.4 Å². The second-order valence-electron chi connectivity index (χ2n) is 15.0. The van der Waals surface area contributed by atoms with Crippen molar-refractivity contribution >= 4 is 5.97 Å². The van der Waals surface area contributed by atoms with Crippen molar-refractivity contribution in [3.8, 4) is 0 Å². The minimum atomic E-state index is -0.895. The Morgan fingerprint density at radius 3 is 0.745 bits per heavy atom. The van der Waals surface area contributed by atoms with Crippen LogP contribution in [-0.4, -0.2) is 30.5 Å². The third-order valence-electron chi connectivity index (χ3n) is 10.3. The summed E-state index contributed by atoms with van der Waals surface area (Å²) in [6, 6.07) is 0. The largest absolute Gasteiger partial charge is 1.00 e. The fourth-order valence-electron chi connectivity index (χ4n) is 7.06. The van der Waals surface area contributed by atoms with Gasteiger partial charge in [0.25, 0.3) is 0 Å². The number of carbonyl (C=O) groups is 1. The zero-order chi connectivity index (χ0) is 33.4. The molecule has 4 heteroatoms. The van der Waals surface area contributed by atoms with Crippen molar-refractivity contribution in [2.24, 2.45) is 0 Å². The molecule has 0 radical (unpaired) electrons. The average Bonchev–Trinajstić information content (AvgIpc) is 3.05. The molecule has 0 bridgehead atoms. The molecule has 0 saturated carbocycles. The molecule has 3 nitrogen and oxygen atoms in total. The summed E-state index contributed by atoms with van der Waals surface area (Å²) in [7, 11) is 0. The second-order valence-corrected chi connectivity index (χ2v) is 15.0. The maximum atomic E-state index is 10.8. The van der Waals surface area contributed by atoms with E-state index in [4.69, 9.17) is 0 Å². The van der Waals surface area contributed by atoms with Gasteiger partial charge in [-0.25, -0.2) is 0 Å². The zero-order valence-electron chi connectivity index (χ0n) is 33.0. The molecule has 0 aromatic heterocycles. The molecular formula is C43H86LiNO2. The third kappa shape index (κ3) is 44.0. The molecule has 0 amide bonds. The van der Waals surface area contributed by atoms with Crippen LogP contribution in [0.3, 0.4) is 0 Å². The Balaban J connectivity index is 0. The van der Waals surface area contributed by atoms with Crippen LogP contribution >= 0.6 is 0 Å². The second kappa shape index (κ2) is 44.0. The Morgan fingerprint density at radius 2 is 0.532 bits per heavy atom. The molecule has 0 unspecified atom stereocenters. The molecule has 0 aliphatic carbocycles. The minimum Gasteiger partial charge on any atom is -0.550 e. The monoisotopic (exact) mass is 656 g/mol. The molecule has 0 aromatic carbocycles. The number of rotatable bonds is 41. The first-order chi connectivity index (χ1) is 22.7. The molecule has 0 N–H and O–H groups in total. The van der Waals surface area contributed by atoms with Gasteiger partial charge in [0.05, 0.1) is 0 Å². The molecular weight excluding hydrogens is 569 g/mol. The van der Waals surface area contributed by atoms with E-state index in [0.717, 1.165) is 19.4 Å². The van der Waals surface area contributed by atoms with Crippen molar-refractivity contribution in [3.63, 3.8) is 0 Å². The number of carboxylic acid groups (broad SMARTS) is 1. The van der Waals surface area contributed by atoms with Gasteiger partial charge in [0.1, 0.15) is 0 Å². The van der Waals surface area contributed by atoms with Crippen molar-refractivity contribution < 1.29 is 28.8 Å². The summed E-state index contributed by atoms with van der Waals surface area (Å²) in [6.07, 6.45) is 50.3. The molecule has 47 heavy (non-hydrogen) atoms. The summed E-state index contributed by atoms with van der Waals surface area (Å²) in [6.45, 7) is 8.05. The van der Waals surface area contributed by atoms with Gasteiger partial charge in [0.2, 0.25) is 0 Å². The van der Waals surface area contributed by atoms with E-state index in [9.17, 15) is 9.90 Å². The summed E-state index contributed by atoms with van der Waals surface area (Å²) < 4.78 is 0. The third-order valence-corrected chi connectivity index (χ3v) is 10.3. The smallest absolute Gasteiger partial charge is 0.550 e. The first kappa shape index (κ1) is 49.1. The van der Waals surface area contributed by atoms with E-state index in [-0.39, 0.29) is 25.3 Å². The van der Waals surface area contributed by atoms with Gasteiger partial charge in [-0.05, 0) is 51.7 Å². The minimum absolute atomic E-state index is 0. The van der Waals surface area contributed by atoms with Gasteiger partial charge >= 0.3 is 18.9 Å². The predicted octanol–water partition coefficient (Wildman–Crippen LogP) is 10.5. The van der Waals surface area contributed by atoms with E-state index in [0.29, 0.717) is 0 Å². The Labute approximate surface area is 309 Å². The van der Waals surface area contributed by atoms with E-state index in [1.807, 2.05) is 0 Å². The Hall–Kier alpha value is 0.0274. The van der Waals surface area contributed by atoms with Crippen LogP contribution in [-0.2, 0) is 4.79 Å². The number of carboxylic acids is 1. The van der Waals surface area contributed by atoms with Crippen LogP contribution in [0.1, 0.15) is 251 Å². The number of nitrogens with zero attached hydrogens (tertiary/aromatic N) is 1. The van der Waals surface area contributed by atoms with E-state index < -0.39 is 5.97 Å². The molecule has 0 rings (SSSR count). The first-order valence-corrected chi connectivity index (χ1v) is 21.6. The van der Waals surface area contributed by atoms with Gasteiger partial charge in [0.15, 0.2) is 0 Å². The van der Waals surface area contributed by atoms with Crippen LogP contribution < -0.4 is 24.0 Å². The molecule has 0 fully saturated rings. The molecule has 0 aliphatic heterocycles. The van der Waals surface area contributed by atoms with Crippen LogP contribution in [0, 0.1) is 0 Å². The van der Waals surface area contributed by atoms with Crippen LogP contribution in [0.2, 0.25) is 0 Å². The summed E-state index contributed by atoms with van der Waals surface area (Å²) in [5.41, 5.74) is 0.